The number of aliphatic hydroxyl groups is 1. The normalized spacial score (nSPS) is 14.9. The van der Waals surface area contributed by atoms with Crippen LogP contribution in [0, 0.1) is 0 Å². The Morgan fingerprint density at radius 2 is 1.17 bits per heavy atom. The molecule has 0 aliphatic carbocycles. The second kappa shape index (κ2) is 31.9. The second-order valence-corrected chi connectivity index (χ2v) is 16.0. The van der Waals surface area contributed by atoms with E-state index in [2.05, 4.69) is 31.3 Å². The smallest absolute Gasteiger partial charge is 0.268 e. The lowest BCUT2D eigenvalue weighted by Crippen LogP contribution is -2.45. The van der Waals surface area contributed by atoms with Crippen LogP contribution in [0.25, 0.3) is 0 Å². The Balaban J connectivity index is 4.40. The first-order chi connectivity index (χ1) is 23.0. The number of unbranched alkanes of at least 4 members (excludes halogenated alkanes) is 20. The third-order valence-electron chi connectivity index (χ3n) is 8.66. The molecule has 2 N–H and O–H groups in total. The zero-order valence-electron chi connectivity index (χ0n) is 31.9. The van der Waals surface area contributed by atoms with Gasteiger partial charge in [-0.15, -0.1) is 0 Å². The van der Waals surface area contributed by atoms with E-state index < -0.39 is 26.6 Å². The Bertz CT molecular complexity index is 845. The Kier molecular flexibility index (Phi) is 31.2. The van der Waals surface area contributed by atoms with Crippen LogP contribution in [0.4, 0.5) is 0 Å². The molecule has 284 valence electrons. The topological polar surface area (TPSA) is 108 Å². The maximum Gasteiger partial charge on any atom is 0.268 e. The number of rotatable bonds is 35. The van der Waals surface area contributed by atoms with Crippen molar-refractivity contribution < 1.29 is 32.9 Å². The van der Waals surface area contributed by atoms with E-state index in [-0.39, 0.29) is 12.5 Å². The highest BCUT2D eigenvalue weighted by Crippen LogP contribution is 2.38. The van der Waals surface area contributed by atoms with Gasteiger partial charge in [0.05, 0.1) is 39.9 Å². The minimum absolute atomic E-state index is 0.00493. The Hall–Kier alpha value is -1.02. The molecular weight excluding hydrogens is 623 g/mol. The van der Waals surface area contributed by atoms with E-state index in [9.17, 15) is 19.4 Å². The van der Waals surface area contributed by atoms with Gasteiger partial charge in [0.1, 0.15) is 13.2 Å². The number of nitrogens with zero attached hydrogens (tertiary/aromatic N) is 1. The molecule has 48 heavy (non-hydrogen) atoms. The summed E-state index contributed by atoms with van der Waals surface area (Å²) in [5.74, 6) is -0.210. The van der Waals surface area contributed by atoms with Crippen molar-refractivity contribution in [1.82, 2.24) is 5.32 Å². The summed E-state index contributed by atoms with van der Waals surface area (Å²) in [6.45, 7) is 4.56. The molecule has 8 nitrogen and oxygen atoms in total. The number of phosphoric acid groups is 1. The molecule has 1 unspecified atom stereocenters. The molecule has 0 spiro atoms. The van der Waals surface area contributed by atoms with Crippen LogP contribution >= 0.6 is 7.82 Å². The van der Waals surface area contributed by atoms with Gasteiger partial charge in [0.15, 0.2) is 0 Å². The minimum atomic E-state index is -4.58. The predicted molar refractivity (Wildman–Crippen MR) is 201 cm³/mol. The number of hydrogen-bond acceptors (Lipinski definition) is 6. The molecule has 1 amide bonds. The average Bonchev–Trinajstić information content (AvgIpc) is 3.02. The van der Waals surface area contributed by atoms with Crippen LogP contribution in [0.3, 0.4) is 0 Å². The van der Waals surface area contributed by atoms with Crippen molar-refractivity contribution in [1.29, 1.82) is 0 Å². The van der Waals surface area contributed by atoms with Crippen molar-refractivity contribution in [2.75, 3.05) is 40.9 Å². The molecular formula is C39H77N2O6P. The van der Waals surface area contributed by atoms with Crippen LogP contribution in [0.2, 0.25) is 0 Å². The fraction of sp³-hybridized carbons (Fsp3) is 0.872. The van der Waals surface area contributed by atoms with Crippen molar-refractivity contribution in [3.05, 3.63) is 24.3 Å². The number of hydrogen-bond donors (Lipinski definition) is 2. The van der Waals surface area contributed by atoms with E-state index in [1.54, 1.807) is 6.08 Å². The molecule has 9 heteroatoms. The summed E-state index contributed by atoms with van der Waals surface area (Å²) in [5.41, 5.74) is 0. The van der Waals surface area contributed by atoms with Gasteiger partial charge in [-0.05, 0) is 32.1 Å². The first-order valence-electron chi connectivity index (χ1n) is 19.7. The summed E-state index contributed by atoms with van der Waals surface area (Å²) in [5, 5.41) is 13.6. The Morgan fingerprint density at radius 3 is 1.69 bits per heavy atom. The lowest BCUT2D eigenvalue weighted by atomic mass is 10.0. The van der Waals surface area contributed by atoms with Crippen molar-refractivity contribution in [3.8, 4) is 0 Å². The van der Waals surface area contributed by atoms with E-state index in [1.165, 1.54) is 109 Å². The maximum atomic E-state index is 12.8. The molecule has 0 aromatic heterocycles. The zero-order valence-corrected chi connectivity index (χ0v) is 32.8. The third-order valence-corrected chi connectivity index (χ3v) is 9.63. The van der Waals surface area contributed by atoms with Crippen LogP contribution in [0.15, 0.2) is 24.3 Å². The molecule has 0 fully saturated rings. The van der Waals surface area contributed by atoms with Gasteiger partial charge in [-0.2, -0.15) is 0 Å². The molecule has 0 aliphatic rings. The van der Waals surface area contributed by atoms with Gasteiger partial charge in [-0.1, -0.05) is 154 Å². The minimum Gasteiger partial charge on any atom is -0.756 e. The van der Waals surface area contributed by atoms with Gasteiger partial charge < -0.3 is 28.8 Å². The van der Waals surface area contributed by atoms with Gasteiger partial charge in [-0.25, -0.2) is 0 Å². The summed E-state index contributed by atoms with van der Waals surface area (Å²) in [4.78, 5) is 25.1. The lowest BCUT2D eigenvalue weighted by molar-refractivity contribution is -0.870. The molecule has 0 aromatic rings. The van der Waals surface area contributed by atoms with Crippen molar-refractivity contribution in [3.63, 3.8) is 0 Å². The third kappa shape index (κ3) is 33.5. The van der Waals surface area contributed by atoms with Crippen LogP contribution in [0.1, 0.15) is 168 Å². The van der Waals surface area contributed by atoms with E-state index in [0.29, 0.717) is 17.4 Å². The molecule has 0 saturated carbocycles. The van der Waals surface area contributed by atoms with Crippen molar-refractivity contribution in [2.24, 2.45) is 0 Å². The highest BCUT2D eigenvalue weighted by Gasteiger charge is 2.23. The second-order valence-electron chi connectivity index (χ2n) is 14.6. The summed E-state index contributed by atoms with van der Waals surface area (Å²) in [7, 11) is 1.24. The van der Waals surface area contributed by atoms with E-state index in [4.69, 9.17) is 9.05 Å². The van der Waals surface area contributed by atoms with Crippen LogP contribution < -0.4 is 10.2 Å². The molecule has 0 rings (SSSR count). The summed E-state index contributed by atoms with van der Waals surface area (Å²) in [6, 6.07) is -0.895. The van der Waals surface area contributed by atoms with Crippen molar-refractivity contribution >= 4 is 13.7 Å². The van der Waals surface area contributed by atoms with Gasteiger partial charge in [-0.3, -0.25) is 9.36 Å². The molecule has 0 radical (unpaired) electrons. The standard InChI is InChI=1S/C39H77N2O6P/c1-6-8-10-12-14-16-17-18-19-20-21-22-23-25-27-29-31-33-39(43)40-37(36-47-48(44,45)46-35-34-41(3,4)5)38(42)32-30-28-26-24-15-13-11-9-7-2/h15,24,30,32,37-38,42H,6-14,16-23,25-29,31,33-36H2,1-5H3,(H-,40,43,44,45)/b24-15+,32-30+/t37-,38+/m0/s1. The molecule has 0 aliphatic heterocycles. The number of likely N-dealkylation sites (N-methyl/N-ethyl adjacent to an activating group) is 1. The van der Waals surface area contributed by atoms with Crippen LogP contribution in [-0.2, 0) is 18.4 Å². The first kappa shape index (κ1) is 47.0. The number of carbonyl (C=O) groups excluding carboxylic acids is 1. The first-order valence-corrected chi connectivity index (χ1v) is 21.2. The monoisotopic (exact) mass is 701 g/mol. The SMILES string of the molecule is CCCCC/C=C/CC/C=C/[C@@H](O)[C@H](COP(=O)([O-])OCC[N+](C)(C)C)NC(=O)CCCCCCCCCCCCCCCCCCC. The number of nitrogens with one attached hydrogen (secondary N) is 1. The van der Waals surface area contributed by atoms with Gasteiger partial charge in [0, 0.05) is 6.42 Å². The highest BCUT2D eigenvalue weighted by molar-refractivity contribution is 7.45. The zero-order chi connectivity index (χ0) is 35.8. The number of quaternary nitrogens is 1. The molecule has 0 bridgehead atoms. The number of phosphoric ester groups is 1. The fourth-order valence-electron chi connectivity index (χ4n) is 5.46. The molecule has 0 aromatic carbocycles. The molecule has 0 heterocycles. The maximum absolute atomic E-state index is 12.8. The Labute approximate surface area is 296 Å². The van der Waals surface area contributed by atoms with Gasteiger partial charge in [0.2, 0.25) is 5.91 Å². The number of amides is 1. The summed E-state index contributed by atoms with van der Waals surface area (Å²) < 4.78 is 23.0. The van der Waals surface area contributed by atoms with E-state index >= 15 is 0 Å². The number of allylic oxidation sites excluding steroid dienone is 3. The molecule has 0 saturated heterocycles. The number of carbonyl (C=O) groups is 1. The van der Waals surface area contributed by atoms with Gasteiger partial charge >= 0.3 is 0 Å². The van der Waals surface area contributed by atoms with E-state index in [1.807, 2.05) is 27.2 Å². The highest BCUT2D eigenvalue weighted by atomic mass is 31.2. The quantitative estimate of drug-likeness (QED) is 0.0295. The largest absolute Gasteiger partial charge is 0.756 e. The van der Waals surface area contributed by atoms with Crippen LogP contribution in [0.5, 0.6) is 0 Å². The number of aliphatic hydroxyl groups excluding tert-OH is 1. The fourth-order valence-corrected chi connectivity index (χ4v) is 6.18. The predicted octanol–water partition coefficient (Wildman–Crippen LogP) is 9.55. The summed E-state index contributed by atoms with van der Waals surface area (Å²) in [6.07, 6.45) is 35.2. The van der Waals surface area contributed by atoms with E-state index in [0.717, 1.165) is 38.5 Å². The molecule has 3 atom stereocenters. The summed E-state index contributed by atoms with van der Waals surface area (Å²) >= 11 is 0. The van der Waals surface area contributed by atoms with Crippen LogP contribution in [-0.4, -0.2) is 68.5 Å². The van der Waals surface area contributed by atoms with Crippen molar-refractivity contribution in [2.45, 2.75) is 180 Å². The van der Waals surface area contributed by atoms with Gasteiger partial charge in [0.25, 0.3) is 7.82 Å². The lowest BCUT2D eigenvalue weighted by Gasteiger charge is -2.29. The Morgan fingerprint density at radius 1 is 0.708 bits per heavy atom. The average molecular weight is 701 g/mol.